The Balaban J connectivity index is 1.66. The lowest BCUT2D eigenvalue weighted by Gasteiger charge is -2.38. The van der Waals surface area contributed by atoms with Crippen molar-refractivity contribution < 1.29 is 19.1 Å². The first kappa shape index (κ1) is 22.5. The molecular formula is C19H26ClN5O4S. The quantitative estimate of drug-likeness (QED) is 0.589. The summed E-state index contributed by atoms with van der Waals surface area (Å²) in [4.78, 5) is 38.5. The van der Waals surface area contributed by atoms with Gasteiger partial charge in [0.15, 0.2) is 16.1 Å². The van der Waals surface area contributed by atoms with Crippen molar-refractivity contribution in [2.24, 2.45) is 0 Å². The van der Waals surface area contributed by atoms with Crippen LogP contribution in [0.15, 0.2) is 6.20 Å². The third-order valence-electron chi connectivity index (χ3n) is 4.79. The number of nitrogens with one attached hydrogen (secondary N) is 2. The van der Waals surface area contributed by atoms with Gasteiger partial charge >= 0.3 is 5.97 Å². The smallest absolute Gasteiger partial charge is 0.350 e. The molecule has 11 heteroatoms. The van der Waals surface area contributed by atoms with Crippen LogP contribution in [-0.2, 0) is 15.9 Å². The van der Waals surface area contributed by atoms with Crippen LogP contribution in [0, 0.1) is 0 Å². The maximum absolute atomic E-state index is 12.6. The van der Waals surface area contributed by atoms with Crippen LogP contribution in [0.5, 0.6) is 0 Å². The molecule has 2 aromatic heterocycles. The first-order chi connectivity index (χ1) is 14.5. The molecule has 0 radical (unpaired) electrons. The van der Waals surface area contributed by atoms with Gasteiger partial charge in [-0.25, -0.2) is 14.8 Å². The highest BCUT2D eigenvalue weighted by Gasteiger charge is 2.33. The summed E-state index contributed by atoms with van der Waals surface area (Å²) in [7, 11) is 0. The number of rotatable bonds is 8. The lowest BCUT2D eigenvalue weighted by Crippen LogP contribution is -2.55. The highest BCUT2D eigenvalue weighted by molar-refractivity contribution is 7.17. The van der Waals surface area contributed by atoms with Gasteiger partial charge in [-0.1, -0.05) is 29.9 Å². The van der Waals surface area contributed by atoms with E-state index in [4.69, 9.17) is 21.1 Å². The highest BCUT2D eigenvalue weighted by Crippen LogP contribution is 2.27. The molecule has 1 aliphatic rings. The van der Waals surface area contributed by atoms with E-state index in [1.165, 1.54) is 17.5 Å². The second-order valence-corrected chi connectivity index (χ2v) is 8.11. The van der Waals surface area contributed by atoms with Gasteiger partial charge in [0, 0.05) is 19.7 Å². The number of carbonyl (C=O) groups excluding carboxylic acids is 2. The van der Waals surface area contributed by atoms with E-state index < -0.39 is 0 Å². The maximum Gasteiger partial charge on any atom is 0.350 e. The molecule has 0 bridgehead atoms. The second kappa shape index (κ2) is 10.2. The van der Waals surface area contributed by atoms with Crippen molar-refractivity contribution >= 4 is 39.9 Å². The Morgan fingerprint density at radius 2 is 2.17 bits per heavy atom. The number of carbonyl (C=O) groups is 2. The van der Waals surface area contributed by atoms with E-state index in [0.717, 1.165) is 10.8 Å². The van der Waals surface area contributed by atoms with Crippen LogP contribution in [0.3, 0.4) is 0 Å². The van der Waals surface area contributed by atoms with Crippen molar-refractivity contribution in [1.29, 1.82) is 0 Å². The normalized spacial score (nSPS) is 19.0. The van der Waals surface area contributed by atoms with E-state index in [1.54, 1.807) is 6.92 Å². The third-order valence-corrected chi connectivity index (χ3v) is 6.14. The summed E-state index contributed by atoms with van der Waals surface area (Å²) in [5.74, 6) is -0.472. The zero-order valence-corrected chi connectivity index (χ0v) is 18.8. The number of aromatic nitrogens is 3. The first-order valence-electron chi connectivity index (χ1n) is 10.0. The van der Waals surface area contributed by atoms with Crippen molar-refractivity contribution in [1.82, 2.24) is 20.3 Å². The largest absolute Gasteiger partial charge is 0.462 e. The standard InChI is InChI=1S/C19H26ClN5O4S/c1-4-11-15(20)24-16(22-11)17(26)23-12-7-8-25(10-13(12)28-5-2)19-21-9-14(30-19)18(27)29-6-3/h9,12-13H,4-8,10H2,1-3H3,(H,22,24)(H,23,26). The van der Waals surface area contributed by atoms with Gasteiger partial charge in [0.2, 0.25) is 0 Å². The number of piperidine rings is 1. The van der Waals surface area contributed by atoms with Gasteiger partial charge in [0.1, 0.15) is 4.88 Å². The van der Waals surface area contributed by atoms with Gasteiger partial charge in [0.25, 0.3) is 5.91 Å². The minimum atomic E-state index is -0.367. The summed E-state index contributed by atoms with van der Waals surface area (Å²) in [5, 5.41) is 4.07. The van der Waals surface area contributed by atoms with Crippen molar-refractivity contribution in [3.63, 3.8) is 0 Å². The average molecular weight is 456 g/mol. The monoisotopic (exact) mass is 455 g/mol. The molecule has 2 N–H and O–H groups in total. The van der Waals surface area contributed by atoms with Crippen molar-refractivity contribution in [2.45, 2.75) is 45.8 Å². The fourth-order valence-corrected chi connectivity index (χ4v) is 4.42. The molecule has 3 rings (SSSR count). The van der Waals surface area contributed by atoms with Crippen molar-refractivity contribution in [3.8, 4) is 0 Å². The van der Waals surface area contributed by atoms with E-state index in [0.29, 0.717) is 49.2 Å². The van der Waals surface area contributed by atoms with Gasteiger partial charge < -0.3 is 24.7 Å². The number of anilines is 1. The molecule has 0 saturated carbocycles. The number of amides is 1. The number of ether oxygens (including phenoxy) is 2. The SMILES string of the molecule is CCOC(=O)c1cnc(N2CCC(NC(=O)c3nc(Cl)c(CC)[nH]3)C(OCC)C2)s1. The molecule has 2 unspecified atom stereocenters. The molecular weight excluding hydrogens is 430 g/mol. The number of esters is 1. The molecule has 2 atom stereocenters. The number of imidazole rings is 1. The Morgan fingerprint density at radius 3 is 2.83 bits per heavy atom. The summed E-state index contributed by atoms with van der Waals surface area (Å²) in [5.41, 5.74) is 0.735. The summed E-state index contributed by atoms with van der Waals surface area (Å²) in [6.45, 7) is 7.68. The van der Waals surface area contributed by atoms with Gasteiger partial charge in [-0.05, 0) is 26.7 Å². The predicted octanol–water partition coefficient (Wildman–Crippen LogP) is 2.67. The number of hydrogen-bond donors (Lipinski definition) is 2. The van der Waals surface area contributed by atoms with E-state index in [2.05, 4.69) is 25.2 Å². The fourth-order valence-electron chi connectivity index (χ4n) is 3.31. The van der Waals surface area contributed by atoms with Crippen LogP contribution < -0.4 is 10.2 Å². The summed E-state index contributed by atoms with van der Waals surface area (Å²) < 4.78 is 10.9. The van der Waals surface area contributed by atoms with E-state index in [1.807, 2.05) is 13.8 Å². The highest BCUT2D eigenvalue weighted by atomic mass is 35.5. The Morgan fingerprint density at radius 1 is 1.37 bits per heavy atom. The molecule has 0 aliphatic carbocycles. The number of aromatic amines is 1. The van der Waals surface area contributed by atoms with Crippen LogP contribution in [0.2, 0.25) is 5.15 Å². The zero-order valence-electron chi connectivity index (χ0n) is 17.2. The minimum absolute atomic E-state index is 0.174. The molecule has 0 spiro atoms. The van der Waals surface area contributed by atoms with E-state index in [-0.39, 0.29) is 29.8 Å². The Bertz CT molecular complexity index is 886. The van der Waals surface area contributed by atoms with Gasteiger partial charge in [-0.2, -0.15) is 0 Å². The number of nitrogens with zero attached hydrogens (tertiary/aromatic N) is 3. The topological polar surface area (TPSA) is 109 Å². The number of hydrogen-bond acceptors (Lipinski definition) is 8. The van der Waals surface area contributed by atoms with Crippen LogP contribution in [-0.4, -0.2) is 65.3 Å². The molecule has 164 valence electrons. The van der Waals surface area contributed by atoms with Gasteiger partial charge in [0.05, 0.1) is 30.6 Å². The van der Waals surface area contributed by atoms with Crippen LogP contribution >= 0.6 is 22.9 Å². The number of thiazole rings is 1. The second-order valence-electron chi connectivity index (χ2n) is 6.74. The lowest BCUT2D eigenvalue weighted by molar-refractivity contribution is 0.0271. The number of H-pyrrole nitrogens is 1. The molecule has 1 fully saturated rings. The summed E-state index contributed by atoms with van der Waals surface area (Å²) in [6.07, 6.45) is 2.65. The first-order valence-corrected chi connectivity index (χ1v) is 11.2. The predicted molar refractivity (Wildman–Crippen MR) is 115 cm³/mol. The summed E-state index contributed by atoms with van der Waals surface area (Å²) in [6, 6.07) is -0.174. The maximum atomic E-state index is 12.6. The Labute approximate surface area is 184 Å². The van der Waals surface area contributed by atoms with E-state index >= 15 is 0 Å². The van der Waals surface area contributed by atoms with Gasteiger partial charge in [-0.15, -0.1) is 0 Å². The zero-order chi connectivity index (χ0) is 21.7. The molecule has 1 saturated heterocycles. The molecule has 1 aliphatic heterocycles. The molecule has 1 amide bonds. The molecule has 3 heterocycles. The molecule has 30 heavy (non-hydrogen) atoms. The van der Waals surface area contributed by atoms with E-state index in [9.17, 15) is 9.59 Å². The average Bonchev–Trinajstić information content (AvgIpc) is 3.36. The third kappa shape index (κ3) is 5.11. The number of halogens is 1. The van der Waals surface area contributed by atoms with Gasteiger partial charge in [-0.3, -0.25) is 4.79 Å². The van der Waals surface area contributed by atoms with Crippen LogP contribution in [0.25, 0.3) is 0 Å². The van der Waals surface area contributed by atoms with Crippen LogP contribution in [0.1, 0.15) is 53.2 Å². The molecule has 0 aromatic carbocycles. The summed E-state index contributed by atoms with van der Waals surface area (Å²) >= 11 is 7.34. The van der Waals surface area contributed by atoms with Crippen molar-refractivity contribution in [3.05, 3.63) is 27.7 Å². The minimum Gasteiger partial charge on any atom is -0.462 e. The molecule has 2 aromatic rings. The van der Waals surface area contributed by atoms with Crippen molar-refractivity contribution in [2.75, 3.05) is 31.2 Å². The molecule has 9 nitrogen and oxygen atoms in total. The Kier molecular flexibility index (Phi) is 7.68. The fraction of sp³-hybridized carbons (Fsp3) is 0.579. The van der Waals surface area contributed by atoms with Crippen LogP contribution in [0.4, 0.5) is 5.13 Å². The lowest BCUT2D eigenvalue weighted by atomic mass is 10.0. The Hall–Kier alpha value is -2.17. The number of aryl methyl sites for hydroxylation is 1.